The summed E-state index contributed by atoms with van der Waals surface area (Å²) in [6, 6.07) is 4.15. The molecule has 0 saturated carbocycles. The average molecular weight is 235 g/mol. The van der Waals surface area contributed by atoms with Crippen LogP contribution in [0.2, 0.25) is 0 Å². The van der Waals surface area contributed by atoms with E-state index in [2.05, 4.69) is 9.97 Å². The Bertz CT molecular complexity index is 636. The van der Waals surface area contributed by atoms with E-state index in [1.807, 2.05) is 0 Å². The molecule has 0 saturated heterocycles. The molecule has 0 unspecified atom stereocenters. The second kappa shape index (κ2) is 4.32. The zero-order valence-electron chi connectivity index (χ0n) is 9.08. The van der Waals surface area contributed by atoms with Crippen LogP contribution in [0.1, 0.15) is 12.7 Å². The fourth-order valence-electron chi connectivity index (χ4n) is 1.47. The molecule has 2 aromatic rings. The van der Waals surface area contributed by atoms with Crippen molar-refractivity contribution in [1.82, 2.24) is 9.97 Å². The van der Waals surface area contributed by atoms with Crippen LogP contribution in [-0.2, 0) is 4.74 Å². The Balaban J connectivity index is 2.65. The van der Waals surface area contributed by atoms with E-state index in [1.165, 1.54) is 18.2 Å². The van der Waals surface area contributed by atoms with Crippen molar-refractivity contribution in [3.63, 3.8) is 0 Å². The van der Waals surface area contributed by atoms with Gasteiger partial charge in [0.05, 0.1) is 12.1 Å². The van der Waals surface area contributed by atoms with Crippen LogP contribution in [0.5, 0.6) is 0 Å². The lowest BCUT2D eigenvalue weighted by atomic mass is 10.2. The summed E-state index contributed by atoms with van der Waals surface area (Å²) in [6.07, 6.45) is 0. The number of aromatic amines is 1. The van der Waals surface area contributed by atoms with E-state index in [9.17, 15) is 9.18 Å². The van der Waals surface area contributed by atoms with Gasteiger partial charge in [-0.3, -0.25) is 10.2 Å². The number of H-pyrrole nitrogens is 1. The maximum atomic E-state index is 13.4. The van der Waals surface area contributed by atoms with Crippen molar-refractivity contribution in [2.45, 2.75) is 6.92 Å². The third-order valence-corrected chi connectivity index (χ3v) is 2.19. The van der Waals surface area contributed by atoms with Crippen LogP contribution in [0.25, 0.3) is 10.9 Å². The molecular weight excluding hydrogens is 225 g/mol. The molecule has 0 aliphatic carbocycles. The molecular formula is C11H10FN3O2. The summed E-state index contributed by atoms with van der Waals surface area (Å²) in [6.45, 7) is 2.01. The van der Waals surface area contributed by atoms with Crippen LogP contribution in [0.15, 0.2) is 23.0 Å². The number of rotatable bonds is 2. The summed E-state index contributed by atoms with van der Waals surface area (Å²) in [4.78, 5) is 17.9. The largest absolute Gasteiger partial charge is 0.476 e. The molecule has 0 fully saturated rings. The van der Waals surface area contributed by atoms with Gasteiger partial charge in [0.25, 0.3) is 5.56 Å². The van der Waals surface area contributed by atoms with Crippen molar-refractivity contribution in [3.8, 4) is 0 Å². The predicted molar refractivity (Wildman–Crippen MR) is 60.8 cm³/mol. The van der Waals surface area contributed by atoms with Gasteiger partial charge < -0.3 is 9.72 Å². The van der Waals surface area contributed by atoms with Crippen molar-refractivity contribution in [2.75, 3.05) is 6.61 Å². The average Bonchev–Trinajstić information content (AvgIpc) is 2.29. The lowest BCUT2D eigenvalue weighted by Gasteiger charge is -2.05. The molecule has 0 atom stereocenters. The molecule has 2 N–H and O–H groups in total. The van der Waals surface area contributed by atoms with Gasteiger partial charge in [0.15, 0.2) is 5.82 Å². The molecule has 5 nitrogen and oxygen atoms in total. The van der Waals surface area contributed by atoms with Crippen molar-refractivity contribution < 1.29 is 9.13 Å². The zero-order valence-corrected chi connectivity index (χ0v) is 9.08. The number of benzene rings is 1. The molecule has 0 aliphatic rings. The Kier molecular flexibility index (Phi) is 2.86. The summed E-state index contributed by atoms with van der Waals surface area (Å²) in [5, 5.41) is 7.40. The number of ether oxygens (including phenoxy) is 1. The van der Waals surface area contributed by atoms with Crippen molar-refractivity contribution in [2.24, 2.45) is 0 Å². The molecule has 0 spiro atoms. The smallest absolute Gasteiger partial charge is 0.262 e. The number of hydrogen-bond donors (Lipinski definition) is 2. The Labute approximate surface area is 95.8 Å². The van der Waals surface area contributed by atoms with E-state index in [1.54, 1.807) is 6.92 Å². The van der Waals surface area contributed by atoms with Gasteiger partial charge in [-0.05, 0) is 19.1 Å². The first-order valence-corrected chi connectivity index (χ1v) is 5.03. The topological polar surface area (TPSA) is 78.8 Å². The minimum atomic E-state index is -0.634. The van der Waals surface area contributed by atoms with Gasteiger partial charge in [-0.15, -0.1) is 0 Å². The van der Waals surface area contributed by atoms with Crippen molar-refractivity contribution >= 4 is 16.8 Å². The fraction of sp³-hybridized carbons (Fsp3) is 0.182. The molecule has 1 heterocycles. The van der Waals surface area contributed by atoms with Gasteiger partial charge in [0.2, 0.25) is 5.90 Å². The second-order valence-corrected chi connectivity index (χ2v) is 3.31. The highest BCUT2D eigenvalue weighted by Crippen LogP contribution is 2.11. The van der Waals surface area contributed by atoms with Gasteiger partial charge in [-0.1, -0.05) is 6.07 Å². The first-order chi connectivity index (χ1) is 8.13. The summed E-state index contributed by atoms with van der Waals surface area (Å²) >= 11 is 0. The van der Waals surface area contributed by atoms with Gasteiger partial charge in [0, 0.05) is 0 Å². The number of halogens is 1. The van der Waals surface area contributed by atoms with Crippen LogP contribution < -0.4 is 5.56 Å². The SMILES string of the molecule is CCOC(=N)c1nc2cccc(F)c2c(=O)[nH]1. The predicted octanol–water partition coefficient (Wildman–Crippen LogP) is 1.42. The number of fused-ring (bicyclic) bond motifs is 1. The van der Waals surface area contributed by atoms with Crippen molar-refractivity contribution in [1.29, 1.82) is 5.41 Å². The minimum Gasteiger partial charge on any atom is -0.476 e. The number of aromatic nitrogens is 2. The second-order valence-electron chi connectivity index (χ2n) is 3.31. The van der Waals surface area contributed by atoms with Crippen molar-refractivity contribution in [3.05, 3.63) is 40.2 Å². The summed E-state index contributed by atoms with van der Waals surface area (Å²) in [5.41, 5.74) is -0.416. The van der Waals surface area contributed by atoms with Crippen LogP contribution in [0, 0.1) is 11.2 Å². The Morgan fingerprint density at radius 3 is 3.06 bits per heavy atom. The summed E-state index contributed by atoms with van der Waals surface area (Å²) in [5.74, 6) is -0.878. The Hall–Kier alpha value is -2.24. The summed E-state index contributed by atoms with van der Waals surface area (Å²) in [7, 11) is 0. The first-order valence-electron chi connectivity index (χ1n) is 5.03. The highest BCUT2D eigenvalue weighted by Gasteiger charge is 2.11. The molecule has 1 aromatic heterocycles. The number of nitrogens with one attached hydrogen (secondary N) is 2. The molecule has 6 heteroatoms. The molecule has 0 aliphatic heterocycles. The molecule has 88 valence electrons. The van der Waals surface area contributed by atoms with Crippen LogP contribution >= 0.6 is 0 Å². The van der Waals surface area contributed by atoms with Crippen LogP contribution in [0.4, 0.5) is 4.39 Å². The Morgan fingerprint density at radius 1 is 1.59 bits per heavy atom. The summed E-state index contributed by atoms with van der Waals surface area (Å²) < 4.78 is 18.3. The van der Waals surface area contributed by atoms with E-state index in [0.717, 1.165) is 0 Å². The third kappa shape index (κ3) is 2.01. The lowest BCUT2D eigenvalue weighted by molar-refractivity contribution is 0.323. The van der Waals surface area contributed by atoms with E-state index in [-0.39, 0.29) is 22.6 Å². The van der Waals surface area contributed by atoms with E-state index >= 15 is 0 Å². The van der Waals surface area contributed by atoms with E-state index < -0.39 is 11.4 Å². The van der Waals surface area contributed by atoms with Gasteiger partial charge in [-0.25, -0.2) is 9.37 Å². The maximum Gasteiger partial charge on any atom is 0.262 e. The molecule has 0 amide bonds. The highest BCUT2D eigenvalue weighted by atomic mass is 19.1. The molecule has 17 heavy (non-hydrogen) atoms. The highest BCUT2D eigenvalue weighted by molar-refractivity contribution is 5.90. The molecule has 0 radical (unpaired) electrons. The van der Waals surface area contributed by atoms with Gasteiger partial charge in [0.1, 0.15) is 11.2 Å². The monoisotopic (exact) mass is 235 g/mol. The van der Waals surface area contributed by atoms with Crippen LogP contribution in [-0.4, -0.2) is 22.5 Å². The first kappa shape index (κ1) is 11.3. The van der Waals surface area contributed by atoms with E-state index in [0.29, 0.717) is 6.61 Å². The third-order valence-electron chi connectivity index (χ3n) is 2.19. The number of nitrogens with zero attached hydrogens (tertiary/aromatic N) is 1. The quantitative estimate of drug-likeness (QED) is 0.610. The zero-order chi connectivity index (χ0) is 12.4. The normalized spacial score (nSPS) is 10.5. The number of hydrogen-bond acceptors (Lipinski definition) is 4. The van der Waals surface area contributed by atoms with E-state index in [4.69, 9.17) is 10.1 Å². The van der Waals surface area contributed by atoms with Gasteiger partial charge in [-0.2, -0.15) is 0 Å². The van der Waals surface area contributed by atoms with Crippen LogP contribution in [0.3, 0.4) is 0 Å². The molecule has 2 rings (SSSR count). The lowest BCUT2D eigenvalue weighted by Crippen LogP contribution is -2.18. The standard InChI is InChI=1S/C11H10FN3O2/c1-2-17-9(13)10-14-7-5-3-4-6(12)8(7)11(16)15-10/h3-5,13H,2H2,1H3,(H,14,15,16). The Morgan fingerprint density at radius 2 is 2.35 bits per heavy atom. The molecule has 1 aromatic carbocycles. The molecule has 0 bridgehead atoms. The fourth-order valence-corrected chi connectivity index (χ4v) is 1.47. The maximum absolute atomic E-state index is 13.4. The minimum absolute atomic E-state index is 0.00468. The van der Waals surface area contributed by atoms with Gasteiger partial charge >= 0.3 is 0 Å².